The van der Waals surface area contributed by atoms with Crippen molar-refractivity contribution in [2.75, 3.05) is 11.9 Å². The quantitative estimate of drug-likeness (QED) is 0.841. The number of halogens is 2. The van der Waals surface area contributed by atoms with Gasteiger partial charge >= 0.3 is 5.97 Å². The van der Waals surface area contributed by atoms with Crippen LogP contribution in [0.25, 0.3) is 0 Å². The Morgan fingerprint density at radius 3 is 2.33 bits per heavy atom. The van der Waals surface area contributed by atoms with Crippen LogP contribution in [-0.2, 0) is 4.74 Å². The topological polar surface area (TPSA) is 55.4 Å². The van der Waals surface area contributed by atoms with Crippen LogP contribution in [-0.4, -0.2) is 18.5 Å². The molecule has 2 rings (SSSR count). The van der Waals surface area contributed by atoms with Crippen LogP contribution in [0.5, 0.6) is 0 Å². The van der Waals surface area contributed by atoms with E-state index in [1.807, 2.05) is 13.8 Å². The first-order chi connectivity index (χ1) is 11.4. The lowest BCUT2D eigenvalue weighted by atomic mass is 10.1. The number of rotatable bonds is 5. The zero-order valence-electron chi connectivity index (χ0n) is 13.3. The standard InChI is InChI=1S/C18H17F2NO3/c1-11(2)10-24-18(23)12-3-6-14(7-4-12)21-17(22)15-8-5-13(19)9-16(15)20/h3-9,11H,10H2,1-2H3,(H,21,22). The Labute approximate surface area is 138 Å². The van der Waals surface area contributed by atoms with E-state index in [2.05, 4.69) is 5.32 Å². The largest absolute Gasteiger partial charge is 0.462 e. The summed E-state index contributed by atoms with van der Waals surface area (Å²) in [5, 5.41) is 2.48. The minimum atomic E-state index is -0.943. The summed E-state index contributed by atoms with van der Waals surface area (Å²) in [6.45, 7) is 4.18. The number of amides is 1. The molecular weight excluding hydrogens is 316 g/mol. The van der Waals surface area contributed by atoms with Crippen LogP contribution >= 0.6 is 0 Å². The van der Waals surface area contributed by atoms with Crippen LogP contribution < -0.4 is 5.32 Å². The molecule has 4 nitrogen and oxygen atoms in total. The van der Waals surface area contributed by atoms with Crippen molar-refractivity contribution in [1.82, 2.24) is 0 Å². The van der Waals surface area contributed by atoms with E-state index in [9.17, 15) is 18.4 Å². The predicted octanol–water partition coefficient (Wildman–Crippen LogP) is 4.03. The summed E-state index contributed by atoms with van der Waals surface area (Å²) in [4.78, 5) is 23.8. The number of hydrogen-bond donors (Lipinski definition) is 1. The average Bonchev–Trinajstić information content (AvgIpc) is 2.53. The third kappa shape index (κ3) is 4.62. The van der Waals surface area contributed by atoms with Crippen molar-refractivity contribution in [2.45, 2.75) is 13.8 Å². The van der Waals surface area contributed by atoms with Crippen molar-refractivity contribution in [1.29, 1.82) is 0 Å². The molecule has 2 aromatic carbocycles. The second-order valence-corrected chi connectivity index (χ2v) is 5.65. The Kier molecular flexibility index (Phi) is 5.63. The average molecular weight is 333 g/mol. The zero-order chi connectivity index (χ0) is 17.7. The number of benzene rings is 2. The summed E-state index contributed by atoms with van der Waals surface area (Å²) in [5.74, 6) is -2.62. The lowest BCUT2D eigenvalue weighted by Crippen LogP contribution is -2.14. The van der Waals surface area contributed by atoms with Crippen LogP contribution in [0.15, 0.2) is 42.5 Å². The molecular formula is C18H17F2NO3. The number of anilines is 1. The molecule has 0 bridgehead atoms. The molecule has 0 unspecified atom stereocenters. The molecule has 0 radical (unpaired) electrons. The first-order valence-electron chi connectivity index (χ1n) is 7.40. The highest BCUT2D eigenvalue weighted by Gasteiger charge is 2.13. The fourth-order valence-electron chi connectivity index (χ4n) is 1.89. The van der Waals surface area contributed by atoms with Gasteiger partial charge in [0, 0.05) is 11.8 Å². The van der Waals surface area contributed by atoms with Crippen molar-refractivity contribution >= 4 is 17.6 Å². The molecule has 0 aliphatic rings. The van der Waals surface area contributed by atoms with E-state index >= 15 is 0 Å². The van der Waals surface area contributed by atoms with E-state index in [0.717, 1.165) is 12.1 Å². The number of ether oxygens (including phenoxy) is 1. The summed E-state index contributed by atoms with van der Waals surface area (Å²) >= 11 is 0. The van der Waals surface area contributed by atoms with Crippen LogP contribution in [0, 0.1) is 17.6 Å². The van der Waals surface area contributed by atoms with E-state index in [0.29, 0.717) is 23.9 Å². The van der Waals surface area contributed by atoms with E-state index in [-0.39, 0.29) is 11.5 Å². The zero-order valence-corrected chi connectivity index (χ0v) is 13.3. The fourth-order valence-corrected chi connectivity index (χ4v) is 1.89. The molecule has 0 aromatic heterocycles. The highest BCUT2D eigenvalue weighted by Crippen LogP contribution is 2.15. The monoisotopic (exact) mass is 333 g/mol. The third-order valence-corrected chi connectivity index (χ3v) is 3.10. The highest BCUT2D eigenvalue weighted by molar-refractivity contribution is 6.04. The third-order valence-electron chi connectivity index (χ3n) is 3.10. The van der Waals surface area contributed by atoms with Gasteiger partial charge in [0.05, 0.1) is 17.7 Å². The van der Waals surface area contributed by atoms with Crippen molar-refractivity contribution in [3.63, 3.8) is 0 Å². The molecule has 0 saturated heterocycles. The number of carbonyl (C=O) groups excluding carboxylic acids is 2. The number of hydrogen-bond acceptors (Lipinski definition) is 3. The Bertz CT molecular complexity index is 742. The van der Waals surface area contributed by atoms with Gasteiger partial charge < -0.3 is 10.1 Å². The smallest absolute Gasteiger partial charge is 0.338 e. The predicted molar refractivity (Wildman–Crippen MR) is 85.9 cm³/mol. The van der Waals surface area contributed by atoms with Crippen molar-refractivity contribution in [3.05, 3.63) is 65.2 Å². The molecule has 0 fully saturated rings. The van der Waals surface area contributed by atoms with Crippen LogP contribution in [0.1, 0.15) is 34.6 Å². The summed E-state index contributed by atoms with van der Waals surface area (Å²) < 4.78 is 31.5. The molecule has 0 aliphatic heterocycles. The van der Waals surface area contributed by atoms with E-state index in [1.54, 1.807) is 0 Å². The minimum absolute atomic E-state index is 0.234. The number of carbonyl (C=O) groups is 2. The van der Waals surface area contributed by atoms with Crippen LogP contribution in [0.2, 0.25) is 0 Å². The molecule has 2 aromatic rings. The van der Waals surface area contributed by atoms with Gasteiger partial charge in [0.1, 0.15) is 11.6 Å². The SMILES string of the molecule is CC(C)COC(=O)c1ccc(NC(=O)c2ccc(F)cc2F)cc1. The Morgan fingerprint density at radius 2 is 1.75 bits per heavy atom. The summed E-state index contributed by atoms with van der Waals surface area (Å²) in [6.07, 6.45) is 0. The van der Waals surface area contributed by atoms with Gasteiger partial charge in [-0.2, -0.15) is 0 Å². The van der Waals surface area contributed by atoms with Gasteiger partial charge in [-0.1, -0.05) is 13.8 Å². The molecule has 0 spiro atoms. The second kappa shape index (κ2) is 7.68. The van der Waals surface area contributed by atoms with Crippen LogP contribution in [0.3, 0.4) is 0 Å². The van der Waals surface area contributed by atoms with E-state index in [4.69, 9.17) is 4.74 Å². The van der Waals surface area contributed by atoms with E-state index < -0.39 is 23.5 Å². The summed E-state index contributed by atoms with van der Waals surface area (Å²) in [6, 6.07) is 8.72. The first-order valence-corrected chi connectivity index (χ1v) is 7.40. The Balaban J connectivity index is 2.03. The van der Waals surface area contributed by atoms with Gasteiger partial charge in [0.15, 0.2) is 0 Å². The second-order valence-electron chi connectivity index (χ2n) is 5.65. The van der Waals surface area contributed by atoms with Gasteiger partial charge in [-0.25, -0.2) is 13.6 Å². The Hall–Kier alpha value is -2.76. The maximum Gasteiger partial charge on any atom is 0.338 e. The molecule has 0 atom stereocenters. The summed E-state index contributed by atoms with van der Waals surface area (Å²) in [7, 11) is 0. The normalized spacial score (nSPS) is 10.5. The van der Waals surface area contributed by atoms with Crippen LogP contribution in [0.4, 0.5) is 14.5 Å². The molecule has 24 heavy (non-hydrogen) atoms. The lowest BCUT2D eigenvalue weighted by molar-refractivity contribution is 0.0459. The van der Waals surface area contributed by atoms with Gasteiger partial charge in [-0.3, -0.25) is 4.79 Å². The summed E-state index contributed by atoms with van der Waals surface area (Å²) in [5.41, 5.74) is 0.461. The molecule has 126 valence electrons. The van der Waals surface area contributed by atoms with E-state index in [1.165, 1.54) is 24.3 Å². The van der Waals surface area contributed by atoms with Gasteiger partial charge in [-0.15, -0.1) is 0 Å². The minimum Gasteiger partial charge on any atom is -0.462 e. The number of esters is 1. The van der Waals surface area contributed by atoms with Crippen molar-refractivity contribution in [3.8, 4) is 0 Å². The molecule has 6 heteroatoms. The molecule has 0 saturated carbocycles. The van der Waals surface area contributed by atoms with Crippen molar-refractivity contribution < 1.29 is 23.1 Å². The molecule has 0 heterocycles. The molecule has 1 amide bonds. The molecule has 1 N–H and O–H groups in total. The lowest BCUT2D eigenvalue weighted by Gasteiger charge is -2.09. The first kappa shape index (κ1) is 17.6. The Morgan fingerprint density at radius 1 is 1.08 bits per heavy atom. The fraction of sp³-hybridized carbons (Fsp3) is 0.222. The van der Waals surface area contributed by atoms with Gasteiger partial charge in [-0.05, 0) is 42.3 Å². The maximum absolute atomic E-state index is 13.6. The number of nitrogens with one attached hydrogen (secondary N) is 1. The van der Waals surface area contributed by atoms with Gasteiger partial charge in [0.2, 0.25) is 0 Å². The van der Waals surface area contributed by atoms with Gasteiger partial charge in [0.25, 0.3) is 5.91 Å². The van der Waals surface area contributed by atoms with Crippen molar-refractivity contribution in [2.24, 2.45) is 5.92 Å². The highest BCUT2D eigenvalue weighted by atomic mass is 19.1. The molecule has 0 aliphatic carbocycles. The maximum atomic E-state index is 13.6.